The van der Waals surface area contributed by atoms with Crippen LogP contribution in [-0.2, 0) is 22.1 Å². The first-order valence-electron chi connectivity index (χ1n) is 9.61. The Bertz CT molecular complexity index is 972. The molecule has 0 aliphatic carbocycles. The van der Waals surface area contributed by atoms with Crippen molar-refractivity contribution in [2.75, 3.05) is 12.9 Å². The van der Waals surface area contributed by atoms with Crippen LogP contribution in [0.5, 0.6) is 5.75 Å². The number of carbonyl (C=O) groups excluding carboxylic acids is 1. The van der Waals surface area contributed by atoms with Crippen LogP contribution < -0.4 is 10.1 Å². The van der Waals surface area contributed by atoms with Gasteiger partial charge in [-0.15, -0.1) is 0 Å². The summed E-state index contributed by atoms with van der Waals surface area (Å²) in [6.45, 7) is 2.15. The Labute approximate surface area is 179 Å². The summed E-state index contributed by atoms with van der Waals surface area (Å²) >= 11 is 0. The molecule has 3 aromatic carbocycles. The van der Waals surface area contributed by atoms with Crippen molar-refractivity contribution in [3.05, 3.63) is 95.6 Å². The molecular formula is C24H25NO4S. The Kier molecular flexibility index (Phi) is 7.63. The zero-order chi connectivity index (χ0) is 21.3. The van der Waals surface area contributed by atoms with Gasteiger partial charge in [0.1, 0.15) is 12.4 Å². The number of alkyl carbamates (subject to hydrolysis) is 1. The average Bonchev–Trinajstić information content (AvgIpc) is 2.78. The molecule has 0 saturated heterocycles. The van der Waals surface area contributed by atoms with E-state index in [1.807, 2.05) is 85.8 Å². The summed E-state index contributed by atoms with van der Waals surface area (Å²) in [5.74, 6) is 0.944. The number of methoxy groups -OCH3 is 1. The predicted octanol–water partition coefficient (Wildman–Crippen LogP) is 4.78. The second kappa shape index (κ2) is 10.6. The van der Waals surface area contributed by atoms with Crippen LogP contribution in [0.2, 0.25) is 0 Å². The van der Waals surface area contributed by atoms with E-state index in [4.69, 9.17) is 9.47 Å². The number of benzene rings is 3. The van der Waals surface area contributed by atoms with Gasteiger partial charge in [-0.3, -0.25) is 4.21 Å². The minimum absolute atomic E-state index is 0.170. The zero-order valence-electron chi connectivity index (χ0n) is 17.0. The summed E-state index contributed by atoms with van der Waals surface area (Å²) in [5, 5.41) is 2.86. The number of amides is 1. The molecule has 5 nitrogen and oxygen atoms in total. The van der Waals surface area contributed by atoms with Gasteiger partial charge in [0.25, 0.3) is 0 Å². The topological polar surface area (TPSA) is 64.6 Å². The largest absolute Gasteiger partial charge is 0.497 e. The molecular weight excluding hydrogens is 398 g/mol. The molecule has 1 N–H and O–H groups in total. The first kappa shape index (κ1) is 21.6. The first-order valence-corrected chi connectivity index (χ1v) is 10.9. The van der Waals surface area contributed by atoms with Gasteiger partial charge in [-0.25, -0.2) is 4.79 Å². The van der Waals surface area contributed by atoms with E-state index in [9.17, 15) is 9.00 Å². The van der Waals surface area contributed by atoms with E-state index in [1.54, 1.807) is 7.11 Å². The Morgan fingerprint density at radius 3 is 2.27 bits per heavy atom. The summed E-state index contributed by atoms with van der Waals surface area (Å²) < 4.78 is 23.5. The summed E-state index contributed by atoms with van der Waals surface area (Å²) in [5.41, 5.74) is 2.83. The first-order chi connectivity index (χ1) is 14.5. The monoisotopic (exact) mass is 423 g/mol. The van der Waals surface area contributed by atoms with Crippen LogP contribution in [0.3, 0.4) is 0 Å². The van der Waals surface area contributed by atoms with Crippen molar-refractivity contribution in [2.45, 2.75) is 24.5 Å². The highest BCUT2D eigenvalue weighted by Crippen LogP contribution is 2.21. The lowest BCUT2D eigenvalue weighted by atomic mass is 10.1. The molecule has 1 unspecified atom stereocenters. The summed E-state index contributed by atoms with van der Waals surface area (Å²) in [6, 6.07) is 23.9. The number of ether oxygens (including phenoxy) is 2. The van der Waals surface area contributed by atoms with E-state index >= 15 is 0 Å². The second-order valence-electron chi connectivity index (χ2n) is 6.86. The van der Waals surface area contributed by atoms with Gasteiger partial charge in [0.15, 0.2) is 0 Å². The molecule has 0 aliphatic rings. The predicted molar refractivity (Wildman–Crippen MR) is 118 cm³/mol. The van der Waals surface area contributed by atoms with E-state index in [1.165, 1.54) is 0 Å². The Hall–Kier alpha value is -3.12. The molecule has 30 heavy (non-hydrogen) atoms. The molecule has 0 spiro atoms. The van der Waals surface area contributed by atoms with E-state index < -0.39 is 22.9 Å². The van der Waals surface area contributed by atoms with Crippen LogP contribution >= 0.6 is 0 Å². The molecule has 3 rings (SSSR count). The van der Waals surface area contributed by atoms with Crippen molar-refractivity contribution in [3.8, 4) is 5.75 Å². The SMILES string of the molecule is COc1ccc([C@H](CS(=O)c2ccc(C)cc2)NC(=O)OCc2ccccc2)cc1. The Morgan fingerprint density at radius 2 is 1.63 bits per heavy atom. The van der Waals surface area contributed by atoms with Crippen LogP contribution in [-0.4, -0.2) is 23.2 Å². The Morgan fingerprint density at radius 1 is 0.967 bits per heavy atom. The van der Waals surface area contributed by atoms with Crippen molar-refractivity contribution < 1.29 is 18.5 Å². The van der Waals surface area contributed by atoms with Gasteiger partial charge in [-0.2, -0.15) is 0 Å². The van der Waals surface area contributed by atoms with Gasteiger partial charge in [0.05, 0.1) is 29.7 Å². The van der Waals surface area contributed by atoms with Gasteiger partial charge >= 0.3 is 6.09 Å². The van der Waals surface area contributed by atoms with E-state index in [2.05, 4.69) is 5.32 Å². The van der Waals surface area contributed by atoms with Crippen molar-refractivity contribution in [1.82, 2.24) is 5.32 Å². The summed E-state index contributed by atoms with van der Waals surface area (Å²) in [6.07, 6.45) is -0.555. The molecule has 0 saturated carbocycles. The smallest absolute Gasteiger partial charge is 0.407 e. The van der Waals surface area contributed by atoms with E-state index in [0.717, 1.165) is 21.6 Å². The van der Waals surface area contributed by atoms with Gasteiger partial charge in [0.2, 0.25) is 0 Å². The van der Waals surface area contributed by atoms with Gasteiger partial charge in [0, 0.05) is 4.90 Å². The van der Waals surface area contributed by atoms with Crippen molar-refractivity contribution in [1.29, 1.82) is 0 Å². The molecule has 0 heterocycles. The third-order valence-corrected chi connectivity index (χ3v) is 6.06. The lowest BCUT2D eigenvalue weighted by Gasteiger charge is -2.19. The molecule has 2 atom stereocenters. The molecule has 1 amide bonds. The molecule has 3 aromatic rings. The van der Waals surface area contributed by atoms with Crippen molar-refractivity contribution >= 4 is 16.9 Å². The molecule has 0 bridgehead atoms. The fraction of sp³-hybridized carbons (Fsp3) is 0.208. The maximum absolute atomic E-state index is 12.9. The van der Waals surface area contributed by atoms with Gasteiger partial charge < -0.3 is 14.8 Å². The normalized spacial score (nSPS) is 12.6. The molecule has 0 fully saturated rings. The van der Waals surface area contributed by atoms with Crippen LogP contribution in [0.25, 0.3) is 0 Å². The fourth-order valence-corrected chi connectivity index (χ4v) is 4.11. The maximum atomic E-state index is 12.9. The standard InChI is InChI=1S/C24H25NO4S/c1-18-8-14-22(15-9-18)30(27)17-23(20-10-12-21(28-2)13-11-20)25-24(26)29-16-19-6-4-3-5-7-19/h3-15,23H,16-17H2,1-2H3,(H,25,26)/t23-,30?/m0/s1. The van der Waals surface area contributed by atoms with Crippen LogP contribution in [0.15, 0.2) is 83.8 Å². The highest BCUT2D eigenvalue weighted by molar-refractivity contribution is 7.85. The lowest BCUT2D eigenvalue weighted by molar-refractivity contribution is 0.136. The Balaban J connectivity index is 1.71. The van der Waals surface area contributed by atoms with Crippen molar-refractivity contribution in [2.24, 2.45) is 0 Å². The number of nitrogens with one attached hydrogen (secondary N) is 1. The van der Waals surface area contributed by atoms with Crippen LogP contribution in [0, 0.1) is 6.92 Å². The van der Waals surface area contributed by atoms with Gasteiger partial charge in [-0.1, -0.05) is 60.2 Å². The summed E-state index contributed by atoms with van der Waals surface area (Å²) in [7, 11) is 0.308. The summed E-state index contributed by atoms with van der Waals surface area (Å²) in [4.78, 5) is 13.1. The molecule has 6 heteroatoms. The van der Waals surface area contributed by atoms with E-state index in [0.29, 0.717) is 5.75 Å². The number of aryl methyl sites for hydroxylation is 1. The number of rotatable bonds is 8. The highest BCUT2D eigenvalue weighted by Gasteiger charge is 2.20. The molecule has 0 aromatic heterocycles. The van der Waals surface area contributed by atoms with E-state index in [-0.39, 0.29) is 12.4 Å². The number of carbonyl (C=O) groups is 1. The average molecular weight is 424 g/mol. The molecule has 0 radical (unpaired) electrons. The molecule has 0 aliphatic heterocycles. The molecule has 156 valence electrons. The zero-order valence-corrected chi connectivity index (χ0v) is 17.9. The quantitative estimate of drug-likeness (QED) is 0.566. The highest BCUT2D eigenvalue weighted by atomic mass is 32.2. The third-order valence-electron chi connectivity index (χ3n) is 4.62. The van der Waals surface area contributed by atoms with Gasteiger partial charge in [-0.05, 0) is 42.3 Å². The minimum atomic E-state index is -1.29. The van der Waals surface area contributed by atoms with Crippen LogP contribution in [0.1, 0.15) is 22.7 Å². The van der Waals surface area contributed by atoms with Crippen molar-refractivity contribution in [3.63, 3.8) is 0 Å². The second-order valence-corrected chi connectivity index (χ2v) is 8.35. The lowest BCUT2D eigenvalue weighted by Crippen LogP contribution is -2.32. The number of hydrogen-bond acceptors (Lipinski definition) is 4. The maximum Gasteiger partial charge on any atom is 0.407 e. The van der Waals surface area contributed by atoms with Crippen LogP contribution in [0.4, 0.5) is 4.79 Å². The number of hydrogen-bond donors (Lipinski definition) is 1. The minimum Gasteiger partial charge on any atom is -0.497 e. The fourth-order valence-electron chi connectivity index (χ4n) is 2.90. The third kappa shape index (κ3) is 6.19.